The number of hydrogen-bond acceptors (Lipinski definition) is 6. The Balaban J connectivity index is 1.25. The standard InChI is InChI=1S/C26H29N3O5S/c1-17-12-29(13-18(2)34-17)26(31)15-28-14-24(20-5-3-4-6-21(20)28)35-16-25(30)27-19-7-8-22-23(11-19)33-10-9-32-22/h3-8,11,14,17-18H,9-10,12-13,15-16H2,1-2H3,(H,27,30)/t17-,18-/m0/s1. The molecular formula is C26H29N3O5S. The van der Waals surface area contributed by atoms with E-state index in [0.29, 0.717) is 43.5 Å². The predicted molar refractivity (Wildman–Crippen MR) is 135 cm³/mol. The third kappa shape index (κ3) is 5.41. The number of benzene rings is 2. The molecule has 2 atom stereocenters. The first kappa shape index (κ1) is 23.6. The summed E-state index contributed by atoms with van der Waals surface area (Å²) >= 11 is 1.46. The van der Waals surface area contributed by atoms with E-state index >= 15 is 0 Å². The number of carbonyl (C=O) groups excluding carboxylic acids is 2. The summed E-state index contributed by atoms with van der Waals surface area (Å²) in [4.78, 5) is 28.5. The molecule has 1 N–H and O–H groups in total. The van der Waals surface area contributed by atoms with Crippen molar-refractivity contribution in [1.29, 1.82) is 0 Å². The van der Waals surface area contributed by atoms with E-state index in [0.717, 1.165) is 15.8 Å². The maximum atomic E-state index is 13.0. The minimum absolute atomic E-state index is 0.0305. The molecule has 2 aliphatic rings. The molecule has 0 radical (unpaired) electrons. The van der Waals surface area contributed by atoms with Crippen LogP contribution in [0.25, 0.3) is 10.9 Å². The molecule has 8 nitrogen and oxygen atoms in total. The summed E-state index contributed by atoms with van der Waals surface area (Å²) in [6.45, 7) is 6.46. The molecule has 0 saturated carbocycles. The Hall–Kier alpha value is -3.17. The normalized spacial score (nSPS) is 19.5. The van der Waals surface area contributed by atoms with Crippen LogP contribution in [-0.2, 0) is 20.9 Å². The lowest BCUT2D eigenvalue weighted by Gasteiger charge is -2.35. The van der Waals surface area contributed by atoms with Crippen LogP contribution >= 0.6 is 11.8 Å². The Morgan fingerprint density at radius 2 is 1.77 bits per heavy atom. The average molecular weight is 496 g/mol. The Kier molecular flexibility index (Phi) is 6.88. The first-order chi connectivity index (χ1) is 17.0. The van der Waals surface area contributed by atoms with Crippen molar-refractivity contribution in [2.75, 3.05) is 37.4 Å². The zero-order valence-corrected chi connectivity index (χ0v) is 20.7. The number of thioether (sulfide) groups is 1. The SMILES string of the molecule is C[C@H]1CN(C(=O)Cn2cc(SCC(=O)Nc3ccc4c(c3)OCCO4)c3ccccc32)C[C@H](C)O1. The van der Waals surface area contributed by atoms with Gasteiger partial charge in [-0.2, -0.15) is 0 Å². The molecule has 0 aliphatic carbocycles. The lowest BCUT2D eigenvalue weighted by molar-refractivity contribution is -0.143. The monoisotopic (exact) mass is 495 g/mol. The molecule has 35 heavy (non-hydrogen) atoms. The third-order valence-electron chi connectivity index (χ3n) is 6.01. The van der Waals surface area contributed by atoms with Crippen molar-refractivity contribution in [2.45, 2.75) is 37.5 Å². The summed E-state index contributed by atoms with van der Waals surface area (Å²) in [5.41, 5.74) is 1.65. The summed E-state index contributed by atoms with van der Waals surface area (Å²) in [7, 11) is 0. The van der Waals surface area contributed by atoms with Gasteiger partial charge in [-0.05, 0) is 32.0 Å². The topological polar surface area (TPSA) is 82.0 Å². The molecule has 0 spiro atoms. The lowest BCUT2D eigenvalue weighted by atomic mass is 10.2. The molecule has 5 rings (SSSR count). The molecule has 1 aromatic heterocycles. The number of hydrogen-bond donors (Lipinski definition) is 1. The highest BCUT2D eigenvalue weighted by atomic mass is 32.2. The van der Waals surface area contributed by atoms with Gasteiger partial charge in [-0.3, -0.25) is 9.59 Å². The molecular weight excluding hydrogens is 466 g/mol. The highest BCUT2D eigenvalue weighted by Gasteiger charge is 2.26. The summed E-state index contributed by atoms with van der Waals surface area (Å²) < 4.78 is 18.9. The number of fused-ring (bicyclic) bond motifs is 2. The predicted octanol–water partition coefficient (Wildman–Crippen LogP) is 3.78. The number of morpholine rings is 1. The van der Waals surface area contributed by atoms with Crippen LogP contribution in [0.5, 0.6) is 11.5 Å². The van der Waals surface area contributed by atoms with Gasteiger partial charge in [0.05, 0.1) is 18.0 Å². The van der Waals surface area contributed by atoms with Gasteiger partial charge in [-0.1, -0.05) is 18.2 Å². The zero-order chi connectivity index (χ0) is 24.4. The molecule has 9 heteroatoms. The van der Waals surface area contributed by atoms with E-state index in [4.69, 9.17) is 14.2 Å². The number of nitrogens with zero attached hydrogens (tertiary/aromatic N) is 2. The molecule has 3 heterocycles. The van der Waals surface area contributed by atoms with E-state index < -0.39 is 0 Å². The largest absolute Gasteiger partial charge is 0.486 e. The van der Waals surface area contributed by atoms with Crippen molar-refractivity contribution >= 4 is 40.2 Å². The molecule has 0 bridgehead atoms. The fourth-order valence-electron chi connectivity index (χ4n) is 4.55. The summed E-state index contributed by atoms with van der Waals surface area (Å²) in [5, 5.41) is 3.95. The van der Waals surface area contributed by atoms with E-state index in [1.54, 1.807) is 18.2 Å². The van der Waals surface area contributed by atoms with Crippen LogP contribution in [0.15, 0.2) is 53.6 Å². The van der Waals surface area contributed by atoms with Crippen LogP contribution in [0.2, 0.25) is 0 Å². The average Bonchev–Trinajstić information content (AvgIpc) is 3.19. The smallest absolute Gasteiger partial charge is 0.242 e. The summed E-state index contributed by atoms with van der Waals surface area (Å²) in [5.74, 6) is 1.52. The van der Waals surface area contributed by atoms with Crippen molar-refractivity contribution in [3.8, 4) is 11.5 Å². The van der Waals surface area contributed by atoms with Gasteiger partial charge in [0.25, 0.3) is 0 Å². The highest BCUT2D eigenvalue weighted by Crippen LogP contribution is 2.33. The molecule has 1 fully saturated rings. The van der Waals surface area contributed by atoms with Crippen LogP contribution in [0.1, 0.15) is 13.8 Å². The second-order valence-corrected chi connectivity index (χ2v) is 9.91. The van der Waals surface area contributed by atoms with E-state index in [2.05, 4.69) is 5.32 Å². The number of aromatic nitrogens is 1. The minimum atomic E-state index is -0.115. The maximum Gasteiger partial charge on any atom is 0.242 e. The van der Waals surface area contributed by atoms with Crippen molar-refractivity contribution in [2.24, 2.45) is 0 Å². The van der Waals surface area contributed by atoms with Crippen LogP contribution < -0.4 is 14.8 Å². The number of anilines is 1. The van der Waals surface area contributed by atoms with Gasteiger partial charge >= 0.3 is 0 Å². The molecule has 0 unspecified atom stereocenters. The fourth-order valence-corrected chi connectivity index (χ4v) is 5.44. The fraction of sp³-hybridized carbons (Fsp3) is 0.385. The van der Waals surface area contributed by atoms with Crippen LogP contribution in [-0.4, -0.2) is 65.5 Å². The Morgan fingerprint density at radius 1 is 1.03 bits per heavy atom. The van der Waals surface area contributed by atoms with Crippen molar-refractivity contribution in [3.05, 3.63) is 48.7 Å². The quantitative estimate of drug-likeness (QED) is 0.524. The van der Waals surface area contributed by atoms with Gasteiger partial charge in [-0.25, -0.2) is 0 Å². The van der Waals surface area contributed by atoms with Crippen LogP contribution in [0, 0.1) is 0 Å². The molecule has 3 aromatic rings. The molecule has 1 saturated heterocycles. The van der Waals surface area contributed by atoms with E-state index in [1.165, 1.54) is 11.8 Å². The molecule has 2 aliphatic heterocycles. The number of carbonyl (C=O) groups is 2. The Morgan fingerprint density at radius 3 is 2.57 bits per heavy atom. The van der Waals surface area contributed by atoms with Crippen molar-refractivity contribution < 1.29 is 23.8 Å². The lowest BCUT2D eigenvalue weighted by Crippen LogP contribution is -2.49. The first-order valence-electron chi connectivity index (χ1n) is 11.8. The summed E-state index contributed by atoms with van der Waals surface area (Å²) in [6, 6.07) is 13.4. The summed E-state index contributed by atoms with van der Waals surface area (Å²) in [6.07, 6.45) is 2.03. The van der Waals surface area contributed by atoms with E-state index in [-0.39, 0.29) is 36.3 Å². The maximum absolute atomic E-state index is 13.0. The van der Waals surface area contributed by atoms with E-state index in [1.807, 2.05) is 53.8 Å². The number of rotatable bonds is 6. The number of ether oxygens (including phenoxy) is 3. The minimum Gasteiger partial charge on any atom is -0.486 e. The van der Waals surface area contributed by atoms with E-state index in [9.17, 15) is 9.59 Å². The van der Waals surface area contributed by atoms with Gasteiger partial charge in [0.2, 0.25) is 11.8 Å². The van der Waals surface area contributed by atoms with Crippen LogP contribution in [0.3, 0.4) is 0 Å². The zero-order valence-electron chi connectivity index (χ0n) is 19.9. The van der Waals surface area contributed by atoms with Gasteiger partial charge in [0.15, 0.2) is 11.5 Å². The third-order valence-corrected chi connectivity index (χ3v) is 7.06. The van der Waals surface area contributed by atoms with Gasteiger partial charge in [0.1, 0.15) is 19.8 Å². The highest BCUT2D eigenvalue weighted by molar-refractivity contribution is 8.00. The Labute approximate surface area is 208 Å². The second kappa shape index (κ2) is 10.2. The Bertz CT molecular complexity index is 1230. The number of para-hydroxylation sites is 1. The second-order valence-electron chi connectivity index (χ2n) is 8.89. The number of nitrogens with one attached hydrogen (secondary N) is 1. The van der Waals surface area contributed by atoms with Crippen molar-refractivity contribution in [1.82, 2.24) is 9.47 Å². The molecule has 2 aromatic carbocycles. The molecule has 184 valence electrons. The van der Waals surface area contributed by atoms with Gasteiger partial charge in [-0.15, -0.1) is 11.8 Å². The number of amides is 2. The molecule has 2 amide bonds. The van der Waals surface area contributed by atoms with Gasteiger partial charge in [0, 0.05) is 46.8 Å². The van der Waals surface area contributed by atoms with Gasteiger partial charge < -0.3 is 29.0 Å². The first-order valence-corrected chi connectivity index (χ1v) is 12.8. The van der Waals surface area contributed by atoms with Crippen molar-refractivity contribution in [3.63, 3.8) is 0 Å². The van der Waals surface area contributed by atoms with Crippen LogP contribution in [0.4, 0.5) is 5.69 Å².